The molecule has 3 rings (SSSR count). The van der Waals surface area contributed by atoms with E-state index in [1.54, 1.807) is 0 Å². The molecule has 26 heavy (non-hydrogen) atoms. The van der Waals surface area contributed by atoms with Crippen LogP contribution in [0.3, 0.4) is 0 Å². The Kier molecular flexibility index (Phi) is 5.87. The van der Waals surface area contributed by atoms with Gasteiger partial charge in [-0.15, -0.1) is 0 Å². The van der Waals surface area contributed by atoms with Gasteiger partial charge in [0.25, 0.3) is 5.91 Å². The fourth-order valence-corrected chi connectivity index (χ4v) is 2.86. The van der Waals surface area contributed by atoms with E-state index in [0.29, 0.717) is 12.3 Å². The van der Waals surface area contributed by atoms with Crippen LogP contribution < -0.4 is 10.1 Å². The predicted molar refractivity (Wildman–Crippen MR) is 105 cm³/mol. The molecule has 4 heteroatoms. The van der Waals surface area contributed by atoms with Gasteiger partial charge in [-0.2, -0.15) is 0 Å². The second-order valence-electron chi connectivity index (χ2n) is 6.63. The van der Waals surface area contributed by atoms with Crippen LogP contribution >= 0.6 is 0 Å². The van der Waals surface area contributed by atoms with E-state index in [2.05, 4.69) is 28.4 Å². The number of carbonyl (C=O) groups excluding carboxylic acids is 1. The number of hydrogen-bond donors (Lipinski definition) is 1. The van der Waals surface area contributed by atoms with Gasteiger partial charge in [0.15, 0.2) is 6.61 Å². The van der Waals surface area contributed by atoms with Crippen molar-refractivity contribution in [3.05, 3.63) is 77.9 Å². The third kappa shape index (κ3) is 5.07. The number of carbonyl (C=O) groups is 1. The third-order valence-electron chi connectivity index (χ3n) is 4.07. The molecule has 0 aliphatic carbocycles. The number of rotatable bonds is 7. The van der Waals surface area contributed by atoms with E-state index in [0.717, 1.165) is 22.9 Å². The van der Waals surface area contributed by atoms with Crippen molar-refractivity contribution in [2.75, 3.05) is 20.7 Å². The zero-order valence-electron chi connectivity index (χ0n) is 15.2. The van der Waals surface area contributed by atoms with Gasteiger partial charge in [0, 0.05) is 13.1 Å². The molecule has 0 spiro atoms. The lowest BCUT2D eigenvalue weighted by Gasteiger charge is -2.12. The highest BCUT2D eigenvalue weighted by Crippen LogP contribution is 2.20. The summed E-state index contributed by atoms with van der Waals surface area (Å²) in [5.74, 6) is 0.572. The van der Waals surface area contributed by atoms with Crippen molar-refractivity contribution in [1.82, 2.24) is 10.2 Å². The van der Waals surface area contributed by atoms with Gasteiger partial charge >= 0.3 is 0 Å². The maximum atomic E-state index is 12.1. The highest BCUT2D eigenvalue weighted by molar-refractivity contribution is 5.84. The third-order valence-corrected chi connectivity index (χ3v) is 4.07. The molecule has 0 bridgehead atoms. The van der Waals surface area contributed by atoms with Gasteiger partial charge in [0.1, 0.15) is 5.75 Å². The maximum absolute atomic E-state index is 12.1. The molecule has 0 aliphatic rings. The van der Waals surface area contributed by atoms with Gasteiger partial charge in [-0.1, -0.05) is 54.6 Å². The standard InChI is InChI=1S/C22H24N2O2/c1-24(2)15-18-7-5-6-17(12-18)14-23-22(25)16-26-21-11-10-19-8-3-4-9-20(19)13-21/h3-13H,14-16H2,1-2H3,(H,23,25). The molecule has 1 N–H and O–H groups in total. The van der Waals surface area contributed by atoms with E-state index >= 15 is 0 Å². The minimum atomic E-state index is -0.129. The van der Waals surface area contributed by atoms with Crippen LogP contribution in [0.4, 0.5) is 0 Å². The molecule has 3 aromatic rings. The quantitative estimate of drug-likeness (QED) is 0.709. The molecule has 134 valence electrons. The second-order valence-corrected chi connectivity index (χ2v) is 6.63. The van der Waals surface area contributed by atoms with Crippen molar-refractivity contribution in [1.29, 1.82) is 0 Å². The van der Waals surface area contributed by atoms with Crippen molar-refractivity contribution in [3.8, 4) is 5.75 Å². The highest BCUT2D eigenvalue weighted by atomic mass is 16.5. The number of amides is 1. The zero-order valence-corrected chi connectivity index (χ0v) is 15.2. The molecule has 0 atom stereocenters. The molecule has 0 saturated carbocycles. The van der Waals surface area contributed by atoms with E-state index in [1.165, 1.54) is 5.56 Å². The first-order valence-corrected chi connectivity index (χ1v) is 8.71. The molecule has 0 aliphatic heterocycles. The van der Waals surface area contributed by atoms with E-state index in [4.69, 9.17) is 4.74 Å². The molecule has 0 aromatic heterocycles. The summed E-state index contributed by atoms with van der Waals surface area (Å²) in [7, 11) is 4.08. The summed E-state index contributed by atoms with van der Waals surface area (Å²) in [5.41, 5.74) is 2.32. The Labute approximate surface area is 154 Å². The van der Waals surface area contributed by atoms with E-state index < -0.39 is 0 Å². The number of nitrogens with zero attached hydrogens (tertiary/aromatic N) is 1. The van der Waals surface area contributed by atoms with Crippen molar-refractivity contribution in [2.24, 2.45) is 0 Å². The highest BCUT2D eigenvalue weighted by Gasteiger charge is 2.05. The molecular formula is C22H24N2O2. The van der Waals surface area contributed by atoms with E-state index in [9.17, 15) is 4.79 Å². The lowest BCUT2D eigenvalue weighted by molar-refractivity contribution is -0.123. The molecule has 0 unspecified atom stereocenters. The van der Waals surface area contributed by atoms with Gasteiger partial charge in [0.2, 0.25) is 0 Å². The lowest BCUT2D eigenvalue weighted by atomic mass is 10.1. The van der Waals surface area contributed by atoms with Crippen LogP contribution in [-0.2, 0) is 17.9 Å². The topological polar surface area (TPSA) is 41.6 Å². The number of nitrogens with one attached hydrogen (secondary N) is 1. The van der Waals surface area contributed by atoms with Gasteiger partial charge in [-0.3, -0.25) is 4.79 Å². The average Bonchev–Trinajstić information content (AvgIpc) is 2.64. The van der Waals surface area contributed by atoms with Gasteiger partial charge in [-0.25, -0.2) is 0 Å². The van der Waals surface area contributed by atoms with Crippen molar-refractivity contribution in [2.45, 2.75) is 13.1 Å². The maximum Gasteiger partial charge on any atom is 0.258 e. The van der Waals surface area contributed by atoms with Crippen LogP contribution in [-0.4, -0.2) is 31.5 Å². The normalized spacial score (nSPS) is 10.9. The Morgan fingerprint density at radius 1 is 0.923 bits per heavy atom. The van der Waals surface area contributed by atoms with Crippen LogP contribution in [0.2, 0.25) is 0 Å². The molecule has 4 nitrogen and oxygen atoms in total. The summed E-state index contributed by atoms with van der Waals surface area (Å²) in [5, 5.41) is 5.16. The first-order chi connectivity index (χ1) is 12.6. The molecular weight excluding hydrogens is 324 g/mol. The Hall–Kier alpha value is -2.85. The van der Waals surface area contributed by atoms with Crippen molar-refractivity contribution in [3.63, 3.8) is 0 Å². The van der Waals surface area contributed by atoms with E-state index in [-0.39, 0.29) is 12.5 Å². The van der Waals surface area contributed by atoms with Crippen LogP contribution in [0.5, 0.6) is 5.75 Å². The largest absolute Gasteiger partial charge is 0.484 e. The molecule has 1 amide bonds. The minimum Gasteiger partial charge on any atom is -0.484 e. The number of ether oxygens (including phenoxy) is 1. The molecule has 3 aromatic carbocycles. The zero-order chi connectivity index (χ0) is 18.4. The SMILES string of the molecule is CN(C)Cc1cccc(CNC(=O)COc2ccc3ccccc3c2)c1. The van der Waals surface area contributed by atoms with Gasteiger partial charge in [0.05, 0.1) is 0 Å². The predicted octanol–water partition coefficient (Wildman–Crippen LogP) is 3.60. The molecule has 0 heterocycles. The van der Waals surface area contributed by atoms with Crippen LogP contribution in [0, 0.1) is 0 Å². The summed E-state index contributed by atoms with van der Waals surface area (Å²) in [6, 6.07) is 22.2. The Morgan fingerprint density at radius 3 is 2.50 bits per heavy atom. The Balaban J connectivity index is 1.51. The smallest absolute Gasteiger partial charge is 0.258 e. The summed E-state index contributed by atoms with van der Waals surface area (Å²) >= 11 is 0. The van der Waals surface area contributed by atoms with Crippen LogP contribution in [0.1, 0.15) is 11.1 Å². The Bertz CT molecular complexity index is 890. The number of hydrogen-bond acceptors (Lipinski definition) is 3. The fraction of sp³-hybridized carbons (Fsp3) is 0.227. The summed E-state index contributed by atoms with van der Waals surface area (Å²) in [6.07, 6.45) is 0. The lowest BCUT2D eigenvalue weighted by Crippen LogP contribution is -2.28. The summed E-state index contributed by atoms with van der Waals surface area (Å²) in [4.78, 5) is 14.2. The summed E-state index contributed by atoms with van der Waals surface area (Å²) in [6.45, 7) is 1.39. The molecule has 0 radical (unpaired) electrons. The first-order valence-electron chi connectivity index (χ1n) is 8.71. The number of benzene rings is 3. The Morgan fingerprint density at radius 2 is 1.69 bits per heavy atom. The fourth-order valence-electron chi connectivity index (χ4n) is 2.86. The van der Waals surface area contributed by atoms with E-state index in [1.807, 2.05) is 62.6 Å². The van der Waals surface area contributed by atoms with Crippen LogP contribution in [0.25, 0.3) is 10.8 Å². The first kappa shape index (κ1) is 18.0. The number of fused-ring (bicyclic) bond motifs is 1. The van der Waals surface area contributed by atoms with Gasteiger partial charge in [-0.05, 0) is 48.1 Å². The second kappa shape index (κ2) is 8.50. The van der Waals surface area contributed by atoms with Crippen molar-refractivity contribution < 1.29 is 9.53 Å². The monoisotopic (exact) mass is 348 g/mol. The van der Waals surface area contributed by atoms with Gasteiger partial charge < -0.3 is 15.0 Å². The summed E-state index contributed by atoms with van der Waals surface area (Å²) < 4.78 is 5.62. The van der Waals surface area contributed by atoms with Crippen LogP contribution in [0.15, 0.2) is 66.7 Å². The minimum absolute atomic E-state index is 0.00965. The molecule has 0 fully saturated rings. The average molecular weight is 348 g/mol. The van der Waals surface area contributed by atoms with Crippen molar-refractivity contribution >= 4 is 16.7 Å². The molecule has 0 saturated heterocycles.